The molecular weight excluding hydrogens is 534 g/mol. The van der Waals surface area contributed by atoms with Gasteiger partial charge in [0.25, 0.3) is 0 Å². The molecule has 0 bridgehead atoms. The van der Waals surface area contributed by atoms with Gasteiger partial charge in [0, 0.05) is 25.2 Å². The van der Waals surface area contributed by atoms with E-state index < -0.39 is 71.7 Å². The Morgan fingerprint density at radius 3 is 2.55 bits per heavy atom. The number of benzene rings is 2. The molecule has 0 aromatic heterocycles. The Hall–Kier alpha value is -4.86. The molecule has 2 aliphatic rings. The fraction of sp³-hybridized carbons (Fsp3) is 0.292. The first-order valence-corrected chi connectivity index (χ1v) is 12.1. The quantitative estimate of drug-likeness (QED) is 0.153. The number of urea groups is 1. The number of halogens is 1. The lowest BCUT2D eigenvalue weighted by molar-refractivity contribution is -0.153. The fourth-order valence-corrected chi connectivity index (χ4v) is 4.43. The standard InChI is InChI=1S/C24H24BFN4O10/c1-2-29-8-9-30(22(35)21(29)34)24(38)28-17(12-6-7-14(31)18(32)16(12)26)20(33)27-15-10-11-4-3-5-13(23(36)37)19(11)40-25(15)39/h3-7,15,17,31-32,39H,2,8-10H2,1H3,(H,27,33)(H,28,38)(H,36,37)/t15-,17?/m0/s1. The van der Waals surface area contributed by atoms with Crippen LogP contribution >= 0.6 is 0 Å². The topological polar surface area (TPSA) is 206 Å². The number of fused-ring (bicyclic) bond motifs is 1. The average molecular weight is 558 g/mol. The lowest BCUT2D eigenvalue weighted by Gasteiger charge is -2.33. The molecule has 2 aliphatic heterocycles. The number of carbonyl (C=O) groups is 5. The summed E-state index contributed by atoms with van der Waals surface area (Å²) in [7, 11) is -1.74. The summed E-state index contributed by atoms with van der Waals surface area (Å²) in [6.07, 6.45) is -0.112. The molecule has 14 nitrogen and oxygen atoms in total. The number of phenolic OH excluding ortho intramolecular Hbond substituents is 2. The van der Waals surface area contributed by atoms with Gasteiger partial charge in [0.05, 0.1) is 11.5 Å². The van der Waals surface area contributed by atoms with Gasteiger partial charge in [0.2, 0.25) is 5.91 Å². The van der Waals surface area contributed by atoms with Gasteiger partial charge in [-0.2, -0.15) is 0 Å². The zero-order valence-electron chi connectivity index (χ0n) is 21.0. The Labute approximate surface area is 226 Å². The van der Waals surface area contributed by atoms with Crippen LogP contribution in [0, 0.1) is 5.82 Å². The average Bonchev–Trinajstić information content (AvgIpc) is 2.92. The molecule has 0 radical (unpaired) electrons. The smallest absolute Gasteiger partial charge is 0.534 e. The molecule has 0 aliphatic carbocycles. The van der Waals surface area contributed by atoms with Gasteiger partial charge in [-0.05, 0) is 37.1 Å². The molecule has 2 atom stereocenters. The van der Waals surface area contributed by atoms with E-state index in [1.165, 1.54) is 23.1 Å². The van der Waals surface area contributed by atoms with Crippen molar-refractivity contribution >= 4 is 36.8 Å². The van der Waals surface area contributed by atoms with Crippen LogP contribution in [-0.4, -0.2) is 92.6 Å². The van der Waals surface area contributed by atoms with E-state index in [0.29, 0.717) is 10.5 Å². The van der Waals surface area contributed by atoms with Crippen molar-refractivity contribution in [1.29, 1.82) is 0 Å². The number of phenols is 2. The number of para-hydroxylation sites is 1. The molecule has 1 saturated heterocycles. The van der Waals surface area contributed by atoms with Crippen LogP contribution in [0.5, 0.6) is 17.2 Å². The van der Waals surface area contributed by atoms with Crippen LogP contribution < -0.4 is 15.3 Å². The summed E-state index contributed by atoms with van der Waals surface area (Å²) in [5.41, 5.74) is -0.482. The lowest BCUT2D eigenvalue weighted by atomic mass is 9.72. The van der Waals surface area contributed by atoms with Crippen LogP contribution in [0.3, 0.4) is 0 Å². The Morgan fingerprint density at radius 2 is 1.88 bits per heavy atom. The number of carbonyl (C=O) groups excluding carboxylic acids is 4. The summed E-state index contributed by atoms with van der Waals surface area (Å²) >= 11 is 0. The molecular formula is C24H24BFN4O10. The number of hydrogen-bond acceptors (Lipinski definition) is 9. The first-order valence-electron chi connectivity index (χ1n) is 12.1. The van der Waals surface area contributed by atoms with Crippen molar-refractivity contribution in [2.75, 3.05) is 19.6 Å². The van der Waals surface area contributed by atoms with E-state index in [0.717, 1.165) is 12.1 Å². The van der Waals surface area contributed by atoms with Crippen molar-refractivity contribution in [3.63, 3.8) is 0 Å². The van der Waals surface area contributed by atoms with Gasteiger partial charge in [0.15, 0.2) is 17.3 Å². The highest BCUT2D eigenvalue weighted by atomic mass is 19.1. The maximum absolute atomic E-state index is 15.0. The Balaban J connectivity index is 1.61. The van der Waals surface area contributed by atoms with Crippen molar-refractivity contribution < 1.29 is 53.4 Å². The number of nitrogens with one attached hydrogen (secondary N) is 2. The van der Waals surface area contributed by atoms with Gasteiger partial charge in [0.1, 0.15) is 11.8 Å². The Morgan fingerprint density at radius 1 is 1.15 bits per heavy atom. The van der Waals surface area contributed by atoms with Crippen molar-refractivity contribution in [3.8, 4) is 17.2 Å². The normalized spacial score (nSPS) is 17.6. The number of carboxylic acid groups (broad SMARTS) is 1. The molecule has 4 rings (SSSR count). The van der Waals surface area contributed by atoms with E-state index in [2.05, 4.69) is 10.6 Å². The molecule has 16 heteroatoms. The number of rotatable bonds is 6. The number of hydrogen-bond donors (Lipinski definition) is 6. The highest BCUT2D eigenvalue weighted by Gasteiger charge is 2.41. The molecule has 210 valence electrons. The van der Waals surface area contributed by atoms with E-state index in [4.69, 9.17) is 4.65 Å². The van der Waals surface area contributed by atoms with Crippen molar-refractivity contribution in [3.05, 3.63) is 52.8 Å². The summed E-state index contributed by atoms with van der Waals surface area (Å²) in [6.45, 7) is 1.69. The van der Waals surface area contributed by atoms with Crippen molar-refractivity contribution in [1.82, 2.24) is 20.4 Å². The zero-order chi connectivity index (χ0) is 29.3. The Bertz CT molecular complexity index is 1410. The minimum Gasteiger partial charge on any atom is -0.534 e. The maximum Gasteiger partial charge on any atom is 0.547 e. The monoisotopic (exact) mass is 558 g/mol. The van der Waals surface area contributed by atoms with Crippen molar-refractivity contribution in [2.24, 2.45) is 0 Å². The SMILES string of the molecule is CCN1CCN(C(=O)NC(C(=O)N[C@H]2Cc3cccc(C(=O)O)c3OB2O)c2ccc(O)c(O)c2F)C(=O)C1=O. The largest absolute Gasteiger partial charge is 0.547 e. The predicted molar refractivity (Wildman–Crippen MR) is 133 cm³/mol. The van der Waals surface area contributed by atoms with Gasteiger partial charge in [-0.25, -0.2) is 14.0 Å². The van der Waals surface area contributed by atoms with Gasteiger partial charge in [-0.3, -0.25) is 19.3 Å². The number of amides is 5. The third kappa shape index (κ3) is 5.20. The summed E-state index contributed by atoms with van der Waals surface area (Å²) in [5, 5.41) is 43.9. The second kappa shape index (κ2) is 11.1. The Kier molecular flexibility index (Phi) is 7.81. The number of likely N-dealkylation sites (N-methyl/N-ethyl adjacent to an activating group) is 1. The molecule has 0 spiro atoms. The molecule has 2 heterocycles. The van der Waals surface area contributed by atoms with E-state index in [-0.39, 0.29) is 37.4 Å². The highest BCUT2D eigenvalue weighted by molar-refractivity contribution is 6.47. The van der Waals surface area contributed by atoms with Gasteiger partial charge >= 0.3 is 30.9 Å². The number of aromatic hydroxyl groups is 2. The minimum atomic E-state index is -1.93. The molecule has 6 N–H and O–H groups in total. The minimum absolute atomic E-state index is 0.0308. The molecule has 2 aromatic carbocycles. The van der Waals surface area contributed by atoms with Crippen LogP contribution in [0.15, 0.2) is 30.3 Å². The predicted octanol–water partition coefficient (Wildman–Crippen LogP) is -0.484. The second-order valence-electron chi connectivity index (χ2n) is 8.99. The fourth-order valence-electron chi connectivity index (χ4n) is 4.43. The third-order valence-electron chi connectivity index (χ3n) is 6.58. The second-order valence-corrected chi connectivity index (χ2v) is 8.99. The van der Waals surface area contributed by atoms with Crippen LogP contribution in [0.4, 0.5) is 9.18 Å². The van der Waals surface area contributed by atoms with E-state index in [1.54, 1.807) is 6.92 Å². The van der Waals surface area contributed by atoms with Crippen LogP contribution in [-0.2, 0) is 20.8 Å². The summed E-state index contributed by atoms with van der Waals surface area (Å²) in [6, 6.07) is 2.88. The van der Waals surface area contributed by atoms with Gasteiger partial charge in [-0.15, -0.1) is 0 Å². The number of piperazine rings is 1. The molecule has 5 amide bonds. The van der Waals surface area contributed by atoms with Gasteiger partial charge in [-0.1, -0.05) is 12.1 Å². The number of aromatic carboxylic acids is 1. The third-order valence-corrected chi connectivity index (χ3v) is 6.58. The maximum atomic E-state index is 15.0. The van der Waals surface area contributed by atoms with Crippen LogP contribution in [0.2, 0.25) is 0 Å². The molecule has 1 fully saturated rings. The lowest BCUT2D eigenvalue weighted by Crippen LogP contribution is -2.60. The molecule has 2 aromatic rings. The highest BCUT2D eigenvalue weighted by Crippen LogP contribution is 2.34. The molecule has 0 saturated carbocycles. The zero-order valence-corrected chi connectivity index (χ0v) is 21.0. The summed E-state index contributed by atoms with van der Waals surface area (Å²) < 4.78 is 20.3. The first kappa shape index (κ1) is 28.2. The number of imide groups is 1. The van der Waals surface area contributed by atoms with E-state index in [1.807, 2.05) is 0 Å². The first-order chi connectivity index (χ1) is 18.9. The number of nitrogens with zero attached hydrogens (tertiary/aromatic N) is 2. The van der Waals surface area contributed by atoms with Crippen molar-refractivity contribution in [2.45, 2.75) is 25.3 Å². The van der Waals surface area contributed by atoms with E-state index in [9.17, 15) is 48.7 Å². The summed E-state index contributed by atoms with van der Waals surface area (Å²) in [5.74, 6) is -9.32. The van der Waals surface area contributed by atoms with Crippen LogP contribution in [0.1, 0.15) is 34.5 Å². The summed E-state index contributed by atoms with van der Waals surface area (Å²) in [4.78, 5) is 64.3. The van der Waals surface area contributed by atoms with Crippen LogP contribution in [0.25, 0.3) is 0 Å². The van der Waals surface area contributed by atoms with E-state index >= 15 is 0 Å². The number of carboxylic acids is 1. The van der Waals surface area contributed by atoms with Gasteiger partial charge < -0.3 is 40.5 Å². The molecule has 1 unspecified atom stereocenters. The molecule has 40 heavy (non-hydrogen) atoms.